The van der Waals surface area contributed by atoms with Crippen molar-refractivity contribution in [1.82, 2.24) is 15.1 Å². The van der Waals surface area contributed by atoms with Gasteiger partial charge in [0.05, 0.1) is 24.6 Å². The van der Waals surface area contributed by atoms with E-state index in [2.05, 4.69) is 34.3 Å². The van der Waals surface area contributed by atoms with E-state index >= 15 is 0 Å². The van der Waals surface area contributed by atoms with E-state index in [1.165, 1.54) is 6.20 Å². The first-order valence-electron chi connectivity index (χ1n) is 6.39. The average molecular weight is 281 g/mol. The molecular formula is C13H17ClN4O. The highest BCUT2D eigenvalue weighted by atomic mass is 35.5. The van der Waals surface area contributed by atoms with E-state index < -0.39 is 0 Å². The topological polar surface area (TPSA) is 63.8 Å². The van der Waals surface area contributed by atoms with Gasteiger partial charge in [0.2, 0.25) is 0 Å². The molecule has 5 nitrogen and oxygen atoms in total. The molecule has 0 fully saturated rings. The zero-order valence-corrected chi connectivity index (χ0v) is 11.8. The van der Waals surface area contributed by atoms with Crippen LogP contribution in [0, 0.1) is 0 Å². The lowest BCUT2D eigenvalue weighted by molar-refractivity contribution is 0.375. The summed E-state index contributed by atoms with van der Waals surface area (Å²) >= 11 is 5.76. The number of hydrogen-bond donors (Lipinski definition) is 1. The molecule has 0 radical (unpaired) electrons. The van der Waals surface area contributed by atoms with Gasteiger partial charge in [-0.1, -0.05) is 30.6 Å². The fraction of sp³-hybridized carbons (Fsp3) is 0.462. The predicted octanol–water partition coefficient (Wildman–Crippen LogP) is 3.63. The average Bonchev–Trinajstić information content (AvgIpc) is 2.87. The fourth-order valence-corrected chi connectivity index (χ4v) is 2.06. The van der Waals surface area contributed by atoms with E-state index in [9.17, 15) is 0 Å². The molecule has 2 aromatic rings. The smallest absolute Gasteiger partial charge is 0.156 e. The molecule has 0 amide bonds. The molecule has 1 N–H and O–H groups in total. The molecule has 0 saturated heterocycles. The lowest BCUT2D eigenvalue weighted by Crippen LogP contribution is -2.01. The van der Waals surface area contributed by atoms with E-state index in [0.29, 0.717) is 23.4 Å². The highest BCUT2D eigenvalue weighted by Crippen LogP contribution is 2.22. The van der Waals surface area contributed by atoms with Crippen LogP contribution in [0.4, 0.5) is 5.82 Å². The van der Waals surface area contributed by atoms with Gasteiger partial charge in [-0.15, -0.1) is 0 Å². The van der Waals surface area contributed by atoms with Gasteiger partial charge in [0, 0.05) is 12.0 Å². The summed E-state index contributed by atoms with van der Waals surface area (Å²) in [5.74, 6) is 1.86. The van der Waals surface area contributed by atoms with E-state index in [1.807, 2.05) is 6.07 Å². The molecule has 0 aliphatic heterocycles. The second-order valence-electron chi connectivity index (χ2n) is 4.31. The first kappa shape index (κ1) is 13.8. The Bertz CT molecular complexity index is 525. The summed E-state index contributed by atoms with van der Waals surface area (Å²) in [7, 11) is 0. The molecule has 0 bridgehead atoms. The summed E-state index contributed by atoms with van der Waals surface area (Å²) in [6.45, 7) is 4.83. The normalized spacial score (nSPS) is 10.9. The van der Waals surface area contributed by atoms with Gasteiger partial charge < -0.3 is 9.84 Å². The summed E-state index contributed by atoms with van der Waals surface area (Å²) < 4.78 is 5.31. The van der Waals surface area contributed by atoms with E-state index in [1.54, 1.807) is 6.20 Å². The van der Waals surface area contributed by atoms with Crippen LogP contribution in [0.5, 0.6) is 0 Å². The van der Waals surface area contributed by atoms with Crippen LogP contribution in [0.2, 0.25) is 5.15 Å². The Kier molecular flexibility index (Phi) is 4.74. The van der Waals surface area contributed by atoms with Crippen LogP contribution < -0.4 is 5.32 Å². The van der Waals surface area contributed by atoms with Crippen molar-refractivity contribution in [1.29, 1.82) is 0 Å². The molecule has 19 heavy (non-hydrogen) atoms. The van der Waals surface area contributed by atoms with Crippen molar-refractivity contribution < 1.29 is 4.52 Å². The largest absolute Gasteiger partial charge is 0.361 e. The second-order valence-corrected chi connectivity index (χ2v) is 4.70. The second kappa shape index (κ2) is 6.52. The van der Waals surface area contributed by atoms with Crippen molar-refractivity contribution in [2.24, 2.45) is 0 Å². The number of nitrogens with one attached hydrogen (secondary N) is 1. The van der Waals surface area contributed by atoms with Gasteiger partial charge in [-0.25, -0.2) is 4.98 Å². The van der Waals surface area contributed by atoms with Gasteiger partial charge in [0.15, 0.2) is 5.76 Å². The third-order valence-electron chi connectivity index (χ3n) is 3.03. The van der Waals surface area contributed by atoms with Gasteiger partial charge in [-0.2, -0.15) is 0 Å². The Morgan fingerprint density at radius 3 is 2.79 bits per heavy atom. The number of anilines is 1. The van der Waals surface area contributed by atoms with Crippen LogP contribution in [0.15, 0.2) is 23.0 Å². The molecule has 102 valence electrons. The summed E-state index contributed by atoms with van der Waals surface area (Å²) in [6, 6.07) is 1.99. The predicted molar refractivity (Wildman–Crippen MR) is 74.2 cm³/mol. The highest BCUT2D eigenvalue weighted by molar-refractivity contribution is 6.29. The van der Waals surface area contributed by atoms with Gasteiger partial charge in [0.25, 0.3) is 0 Å². The Hall–Kier alpha value is -1.62. The van der Waals surface area contributed by atoms with Crippen LogP contribution >= 0.6 is 11.6 Å². The molecule has 0 aliphatic rings. The number of rotatable bonds is 6. The number of hydrogen-bond acceptors (Lipinski definition) is 5. The lowest BCUT2D eigenvalue weighted by atomic mass is 9.99. The quantitative estimate of drug-likeness (QED) is 0.875. The van der Waals surface area contributed by atoms with Crippen molar-refractivity contribution in [2.75, 3.05) is 5.32 Å². The van der Waals surface area contributed by atoms with Crippen LogP contribution in [0.25, 0.3) is 0 Å². The molecule has 2 rings (SSSR count). The fourth-order valence-electron chi connectivity index (χ4n) is 1.92. The van der Waals surface area contributed by atoms with Crippen molar-refractivity contribution in [3.05, 3.63) is 35.1 Å². The number of aromatic nitrogens is 3. The van der Waals surface area contributed by atoms with Gasteiger partial charge in [-0.05, 0) is 12.8 Å². The minimum atomic E-state index is 0.361. The zero-order chi connectivity index (χ0) is 13.7. The summed E-state index contributed by atoms with van der Waals surface area (Å²) in [5.41, 5.74) is 1.01. The molecular weight excluding hydrogens is 264 g/mol. The molecule has 0 atom stereocenters. The Morgan fingerprint density at radius 2 is 2.11 bits per heavy atom. The molecule has 0 aliphatic carbocycles. The highest BCUT2D eigenvalue weighted by Gasteiger charge is 2.12. The van der Waals surface area contributed by atoms with Gasteiger partial charge >= 0.3 is 0 Å². The van der Waals surface area contributed by atoms with Crippen LogP contribution in [0.3, 0.4) is 0 Å². The summed E-state index contributed by atoms with van der Waals surface area (Å²) in [4.78, 5) is 8.05. The SMILES string of the molecule is CCC(CC)c1cc(CNc2cncc(Cl)n2)on1. The maximum Gasteiger partial charge on any atom is 0.156 e. The Labute approximate surface area is 117 Å². The van der Waals surface area contributed by atoms with Crippen molar-refractivity contribution >= 4 is 17.4 Å². The van der Waals surface area contributed by atoms with E-state index in [-0.39, 0.29) is 0 Å². The van der Waals surface area contributed by atoms with Gasteiger partial charge in [-0.3, -0.25) is 4.98 Å². The first-order valence-corrected chi connectivity index (χ1v) is 6.77. The van der Waals surface area contributed by atoms with Crippen LogP contribution in [0.1, 0.15) is 44.1 Å². The molecule has 0 aromatic carbocycles. The maximum absolute atomic E-state index is 5.76. The van der Waals surface area contributed by atoms with Crippen molar-refractivity contribution in [3.63, 3.8) is 0 Å². The summed E-state index contributed by atoms with van der Waals surface area (Å²) in [6.07, 6.45) is 5.24. The molecule has 0 spiro atoms. The molecule has 0 unspecified atom stereocenters. The van der Waals surface area contributed by atoms with Crippen molar-refractivity contribution in [2.45, 2.75) is 39.2 Å². The number of halogens is 1. The third kappa shape index (κ3) is 3.67. The minimum Gasteiger partial charge on any atom is -0.361 e. The standard InChI is InChI=1S/C13H17ClN4O/c1-3-9(4-2)11-5-10(19-18-11)6-16-13-8-15-7-12(14)17-13/h5,7-9H,3-4,6H2,1-2H3,(H,16,17). The molecule has 0 saturated carbocycles. The molecule has 2 aromatic heterocycles. The monoisotopic (exact) mass is 280 g/mol. The Morgan fingerprint density at radius 1 is 1.32 bits per heavy atom. The van der Waals surface area contributed by atoms with Crippen LogP contribution in [-0.2, 0) is 6.54 Å². The molecule has 6 heteroatoms. The third-order valence-corrected chi connectivity index (χ3v) is 3.21. The van der Waals surface area contributed by atoms with Crippen molar-refractivity contribution in [3.8, 4) is 0 Å². The zero-order valence-electron chi connectivity index (χ0n) is 11.1. The van der Waals surface area contributed by atoms with E-state index in [4.69, 9.17) is 16.1 Å². The first-order chi connectivity index (χ1) is 9.22. The maximum atomic E-state index is 5.76. The van der Waals surface area contributed by atoms with Gasteiger partial charge in [0.1, 0.15) is 11.0 Å². The lowest BCUT2D eigenvalue weighted by Gasteiger charge is -2.06. The minimum absolute atomic E-state index is 0.361. The summed E-state index contributed by atoms with van der Waals surface area (Å²) in [5, 5.41) is 7.57. The van der Waals surface area contributed by atoms with Crippen LogP contribution in [-0.4, -0.2) is 15.1 Å². The van der Waals surface area contributed by atoms with E-state index in [0.717, 1.165) is 24.3 Å². The Balaban J connectivity index is 1.97. The number of nitrogens with zero attached hydrogens (tertiary/aromatic N) is 3. The molecule has 2 heterocycles.